The first-order chi connectivity index (χ1) is 15.0. The molecule has 0 aliphatic carbocycles. The highest BCUT2D eigenvalue weighted by Crippen LogP contribution is 2.29. The minimum absolute atomic E-state index is 0.000312. The van der Waals surface area contributed by atoms with Gasteiger partial charge in [-0.05, 0) is 25.0 Å². The first kappa shape index (κ1) is 22.2. The Bertz CT molecular complexity index is 1060. The number of ether oxygens (including phenoxy) is 2. The summed E-state index contributed by atoms with van der Waals surface area (Å²) in [5.74, 6) is -1.85. The minimum atomic E-state index is -0.763. The number of hydrogen-bond acceptors (Lipinski definition) is 8. The maximum atomic E-state index is 12.2. The van der Waals surface area contributed by atoms with Gasteiger partial charge in [0.2, 0.25) is 0 Å². The van der Waals surface area contributed by atoms with E-state index in [0.29, 0.717) is 18.0 Å². The molecule has 0 saturated heterocycles. The van der Waals surface area contributed by atoms with E-state index in [1.807, 2.05) is 37.3 Å². The van der Waals surface area contributed by atoms with Crippen LogP contribution in [0.2, 0.25) is 0 Å². The Balaban J connectivity index is 1.56. The Morgan fingerprint density at radius 3 is 2.58 bits per heavy atom. The number of esters is 2. The predicted molar refractivity (Wildman–Crippen MR) is 114 cm³/mol. The van der Waals surface area contributed by atoms with Crippen LogP contribution in [-0.4, -0.2) is 46.1 Å². The fourth-order valence-corrected chi connectivity index (χ4v) is 3.68. The molecule has 31 heavy (non-hydrogen) atoms. The summed E-state index contributed by atoms with van der Waals surface area (Å²) in [6.45, 7) is 3.81. The van der Waals surface area contributed by atoms with Crippen molar-refractivity contribution in [2.24, 2.45) is 0 Å². The van der Waals surface area contributed by atoms with E-state index in [0.717, 1.165) is 10.4 Å². The summed E-state index contributed by atoms with van der Waals surface area (Å²) in [4.78, 5) is 37.5. The third-order valence-corrected chi connectivity index (χ3v) is 5.34. The molecule has 3 aromatic rings. The van der Waals surface area contributed by atoms with Crippen molar-refractivity contribution < 1.29 is 23.9 Å². The maximum Gasteiger partial charge on any atom is 0.361 e. The molecule has 1 aromatic carbocycles. The van der Waals surface area contributed by atoms with E-state index in [4.69, 9.17) is 9.47 Å². The van der Waals surface area contributed by atoms with Crippen LogP contribution in [0.4, 0.5) is 5.00 Å². The second-order valence-electron chi connectivity index (χ2n) is 6.44. The Labute approximate surface area is 183 Å². The molecule has 10 heteroatoms. The van der Waals surface area contributed by atoms with Crippen LogP contribution in [0.1, 0.15) is 45.1 Å². The van der Waals surface area contributed by atoms with Gasteiger partial charge in [0, 0.05) is 4.88 Å². The summed E-state index contributed by atoms with van der Waals surface area (Å²) in [5, 5.41) is 10.7. The van der Waals surface area contributed by atoms with Gasteiger partial charge in [-0.1, -0.05) is 42.5 Å². The first-order valence-electron chi connectivity index (χ1n) is 9.71. The Morgan fingerprint density at radius 2 is 1.87 bits per heavy atom. The van der Waals surface area contributed by atoms with Gasteiger partial charge in [-0.2, -0.15) is 0 Å². The van der Waals surface area contributed by atoms with E-state index in [1.54, 1.807) is 13.0 Å². The SMILES string of the molecule is CCOC(=O)c1cc(CC)sc1NC(=O)COC(=O)c1cn(Cc2ccccc2)nn1. The molecular formula is C21H22N4O5S. The van der Waals surface area contributed by atoms with Gasteiger partial charge in [-0.15, -0.1) is 16.4 Å². The molecule has 2 aromatic heterocycles. The van der Waals surface area contributed by atoms with Crippen LogP contribution in [-0.2, 0) is 27.2 Å². The molecule has 3 rings (SSSR count). The molecule has 0 atom stereocenters. The highest BCUT2D eigenvalue weighted by Gasteiger charge is 2.20. The van der Waals surface area contributed by atoms with E-state index in [2.05, 4.69) is 15.6 Å². The number of nitrogens with zero attached hydrogens (tertiary/aromatic N) is 3. The summed E-state index contributed by atoms with van der Waals surface area (Å²) >= 11 is 1.28. The van der Waals surface area contributed by atoms with Crippen LogP contribution < -0.4 is 5.32 Å². The number of aryl methyl sites for hydroxylation is 1. The standard InChI is InChI=1S/C21H22N4O5S/c1-3-15-10-16(20(27)29-4-2)19(31-15)22-18(26)13-30-21(28)17-12-25(24-23-17)11-14-8-6-5-7-9-14/h5-10,12H,3-4,11,13H2,1-2H3,(H,22,26). The zero-order valence-corrected chi connectivity index (χ0v) is 18.0. The van der Waals surface area contributed by atoms with Crippen LogP contribution in [0.3, 0.4) is 0 Å². The summed E-state index contributed by atoms with van der Waals surface area (Å²) in [5.41, 5.74) is 1.29. The zero-order valence-electron chi connectivity index (χ0n) is 17.2. The van der Waals surface area contributed by atoms with Crippen molar-refractivity contribution in [1.82, 2.24) is 15.0 Å². The molecule has 1 amide bonds. The van der Waals surface area contributed by atoms with Gasteiger partial charge in [0.05, 0.1) is 24.9 Å². The summed E-state index contributed by atoms with van der Waals surface area (Å²) in [6.07, 6.45) is 2.17. The molecule has 0 bridgehead atoms. The molecule has 0 aliphatic rings. The van der Waals surface area contributed by atoms with Gasteiger partial charge in [0.15, 0.2) is 12.3 Å². The van der Waals surface area contributed by atoms with E-state index in [1.165, 1.54) is 22.2 Å². The molecule has 162 valence electrons. The lowest BCUT2D eigenvalue weighted by Crippen LogP contribution is -2.21. The lowest BCUT2D eigenvalue weighted by molar-refractivity contribution is -0.119. The fraction of sp³-hybridized carbons (Fsp3) is 0.286. The molecule has 0 aliphatic heterocycles. The lowest BCUT2D eigenvalue weighted by atomic mass is 10.2. The van der Waals surface area contributed by atoms with Crippen LogP contribution >= 0.6 is 11.3 Å². The van der Waals surface area contributed by atoms with Crippen LogP contribution in [0, 0.1) is 0 Å². The Kier molecular flexibility index (Phi) is 7.50. The molecular weight excluding hydrogens is 420 g/mol. The topological polar surface area (TPSA) is 112 Å². The highest BCUT2D eigenvalue weighted by atomic mass is 32.1. The second kappa shape index (κ2) is 10.5. The summed E-state index contributed by atoms with van der Waals surface area (Å²) in [7, 11) is 0. The third-order valence-electron chi connectivity index (χ3n) is 4.15. The predicted octanol–water partition coefficient (Wildman–Crippen LogP) is 2.92. The molecule has 1 N–H and O–H groups in total. The minimum Gasteiger partial charge on any atom is -0.462 e. The molecule has 0 spiro atoms. The first-order valence-corrected chi connectivity index (χ1v) is 10.5. The smallest absolute Gasteiger partial charge is 0.361 e. The monoisotopic (exact) mass is 442 g/mol. The quantitative estimate of drug-likeness (QED) is 0.507. The highest BCUT2D eigenvalue weighted by molar-refractivity contribution is 7.16. The average molecular weight is 442 g/mol. The van der Waals surface area contributed by atoms with Gasteiger partial charge in [-0.3, -0.25) is 4.79 Å². The average Bonchev–Trinajstić information content (AvgIpc) is 3.40. The lowest BCUT2D eigenvalue weighted by Gasteiger charge is -2.06. The number of benzene rings is 1. The number of amides is 1. The van der Waals surface area contributed by atoms with Crippen molar-refractivity contribution in [2.75, 3.05) is 18.5 Å². The molecule has 2 heterocycles. The molecule has 0 fully saturated rings. The second-order valence-corrected chi connectivity index (χ2v) is 7.58. The van der Waals surface area contributed by atoms with Gasteiger partial charge in [0.1, 0.15) is 5.00 Å². The number of nitrogens with one attached hydrogen (secondary N) is 1. The van der Waals surface area contributed by atoms with Crippen molar-refractivity contribution >= 4 is 34.2 Å². The number of thiophene rings is 1. The van der Waals surface area contributed by atoms with Crippen LogP contribution in [0.15, 0.2) is 42.6 Å². The van der Waals surface area contributed by atoms with Gasteiger partial charge < -0.3 is 14.8 Å². The summed E-state index contributed by atoms with van der Waals surface area (Å²) < 4.78 is 11.6. The summed E-state index contributed by atoms with van der Waals surface area (Å²) in [6, 6.07) is 11.3. The van der Waals surface area contributed by atoms with Crippen LogP contribution in [0.25, 0.3) is 0 Å². The van der Waals surface area contributed by atoms with Crippen molar-refractivity contribution in [1.29, 1.82) is 0 Å². The molecule has 0 unspecified atom stereocenters. The van der Waals surface area contributed by atoms with E-state index in [9.17, 15) is 14.4 Å². The number of aromatic nitrogens is 3. The number of carbonyl (C=O) groups excluding carboxylic acids is 3. The van der Waals surface area contributed by atoms with Gasteiger partial charge in [-0.25, -0.2) is 14.3 Å². The van der Waals surface area contributed by atoms with Crippen molar-refractivity contribution in [3.63, 3.8) is 0 Å². The fourth-order valence-electron chi connectivity index (χ4n) is 2.68. The molecule has 9 nitrogen and oxygen atoms in total. The molecule has 0 saturated carbocycles. The Hall–Kier alpha value is -3.53. The van der Waals surface area contributed by atoms with Crippen molar-refractivity contribution in [3.8, 4) is 0 Å². The number of anilines is 1. The number of carbonyl (C=O) groups is 3. The van der Waals surface area contributed by atoms with Gasteiger partial charge in [0.25, 0.3) is 5.91 Å². The third kappa shape index (κ3) is 5.98. The normalized spacial score (nSPS) is 10.5. The Morgan fingerprint density at radius 1 is 1.10 bits per heavy atom. The van der Waals surface area contributed by atoms with E-state index < -0.39 is 24.5 Å². The van der Waals surface area contributed by atoms with Gasteiger partial charge >= 0.3 is 11.9 Å². The number of hydrogen-bond donors (Lipinski definition) is 1. The van der Waals surface area contributed by atoms with Crippen LogP contribution in [0.5, 0.6) is 0 Å². The van der Waals surface area contributed by atoms with E-state index in [-0.39, 0.29) is 17.9 Å². The van der Waals surface area contributed by atoms with E-state index >= 15 is 0 Å². The zero-order chi connectivity index (χ0) is 22.2. The number of rotatable bonds is 9. The molecule has 0 radical (unpaired) electrons. The van der Waals surface area contributed by atoms with Crippen molar-refractivity contribution in [2.45, 2.75) is 26.8 Å². The van der Waals surface area contributed by atoms with Crippen molar-refractivity contribution in [3.05, 3.63) is 64.3 Å². The maximum absolute atomic E-state index is 12.2. The largest absolute Gasteiger partial charge is 0.462 e.